The van der Waals surface area contributed by atoms with E-state index < -0.39 is 0 Å². The predicted molar refractivity (Wildman–Crippen MR) is 56.3 cm³/mol. The number of esters is 1. The number of nitrogens with zero attached hydrogens (tertiary/aromatic N) is 1. The molecule has 1 unspecified atom stereocenters. The normalized spacial score (nSPS) is 19.7. The van der Waals surface area contributed by atoms with E-state index in [1.54, 1.807) is 0 Å². The van der Waals surface area contributed by atoms with Crippen molar-refractivity contribution < 1.29 is 9.53 Å². The van der Waals surface area contributed by atoms with Crippen LogP contribution in [0.2, 0.25) is 0 Å². The number of nitrogen functional groups attached to an aromatic ring is 1. The van der Waals surface area contributed by atoms with Gasteiger partial charge in [0.25, 0.3) is 0 Å². The highest BCUT2D eigenvalue weighted by atomic mass is 16.5. The summed E-state index contributed by atoms with van der Waals surface area (Å²) in [5.41, 5.74) is 9.60. The topological polar surface area (TPSA) is 65.2 Å². The van der Waals surface area contributed by atoms with Gasteiger partial charge in [0.2, 0.25) is 0 Å². The van der Waals surface area contributed by atoms with Crippen LogP contribution in [0.25, 0.3) is 0 Å². The fraction of sp³-hybridized carbons (Fsp3) is 0.455. The molecule has 0 spiro atoms. The largest absolute Gasteiger partial charge is 0.457 e. The number of cyclic esters (lactones) is 1. The molecular weight excluding hydrogens is 192 g/mol. The second-order valence-electron chi connectivity index (χ2n) is 3.92. The summed E-state index contributed by atoms with van der Waals surface area (Å²) in [6.07, 6.45) is 0.0124. The molecule has 0 fully saturated rings. The molecule has 0 bridgehead atoms. The Bertz CT molecular complexity index is 441. The average molecular weight is 206 g/mol. The first-order chi connectivity index (χ1) is 7.00. The van der Waals surface area contributed by atoms with Crippen molar-refractivity contribution in [3.05, 3.63) is 22.4 Å². The van der Waals surface area contributed by atoms with E-state index in [9.17, 15) is 4.79 Å². The van der Waals surface area contributed by atoms with Gasteiger partial charge in [-0.25, -0.2) is 4.98 Å². The number of carbonyl (C=O) groups excluding carboxylic acids is 1. The summed E-state index contributed by atoms with van der Waals surface area (Å²) >= 11 is 0. The van der Waals surface area contributed by atoms with Crippen molar-refractivity contribution in [2.45, 2.75) is 33.3 Å². The molecule has 0 aromatic carbocycles. The van der Waals surface area contributed by atoms with Crippen LogP contribution in [0, 0.1) is 13.8 Å². The Balaban J connectivity index is 2.65. The molecule has 0 aliphatic carbocycles. The van der Waals surface area contributed by atoms with Crippen molar-refractivity contribution in [1.82, 2.24) is 4.98 Å². The van der Waals surface area contributed by atoms with Crippen LogP contribution in [-0.4, -0.2) is 11.0 Å². The second kappa shape index (κ2) is 3.22. The van der Waals surface area contributed by atoms with E-state index in [4.69, 9.17) is 10.5 Å². The standard InChI is InChI=1S/C11H14N2O2/c1-5-6(2)11(12)13-8-4-9(14)15-7(3)10(5)8/h7H,4H2,1-3H3,(H2,12,13). The Morgan fingerprint density at radius 2 is 2.07 bits per heavy atom. The van der Waals surface area contributed by atoms with Gasteiger partial charge in [0.1, 0.15) is 11.9 Å². The first-order valence-corrected chi connectivity index (χ1v) is 4.95. The number of rotatable bonds is 0. The number of hydrogen-bond acceptors (Lipinski definition) is 4. The first kappa shape index (κ1) is 9.96. The number of carbonyl (C=O) groups is 1. The lowest BCUT2D eigenvalue weighted by Crippen LogP contribution is -2.23. The number of anilines is 1. The Labute approximate surface area is 88.4 Å². The number of hydrogen-bond donors (Lipinski definition) is 1. The third kappa shape index (κ3) is 1.46. The minimum Gasteiger partial charge on any atom is -0.457 e. The zero-order chi connectivity index (χ0) is 11.2. The third-order valence-corrected chi connectivity index (χ3v) is 2.94. The number of fused-ring (bicyclic) bond motifs is 1. The summed E-state index contributed by atoms with van der Waals surface area (Å²) in [6, 6.07) is 0. The maximum absolute atomic E-state index is 11.2. The van der Waals surface area contributed by atoms with Gasteiger partial charge in [-0.3, -0.25) is 4.79 Å². The van der Waals surface area contributed by atoms with Crippen molar-refractivity contribution in [3.8, 4) is 0 Å². The monoisotopic (exact) mass is 206 g/mol. The summed E-state index contributed by atoms with van der Waals surface area (Å²) in [4.78, 5) is 15.5. The van der Waals surface area contributed by atoms with E-state index in [0.29, 0.717) is 5.82 Å². The summed E-state index contributed by atoms with van der Waals surface area (Å²) < 4.78 is 5.17. The third-order valence-electron chi connectivity index (χ3n) is 2.94. The van der Waals surface area contributed by atoms with Gasteiger partial charge in [0.05, 0.1) is 12.1 Å². The van der Waals surface area contributed by atoms with Gasteiger partial charge in [-0.2, -0.15) is 0 Å². The molecule has 1 aliphatic heterocycles. The lowest BCUT2D eigenvalue weighted by molar-refractivity contribution is -0.149. The van der Waals surface area contributed by atoms with Crippen LogP contribution >= 0.6 is 0 Å². The fourth-order valence-corrected chi connectivity index (χ4v) is 2.01. The Hall–Kier alpha value is -1.58. The molecule has 2 heterocycles. The SMILES string of the molecule is Cc1c(N)nc2c(c1C)C(C)OC(=O)C2. The lowest BCUT2D eigenvalue weighted by Gasteiger charge is -2.25. The second-order valence-corrected chi connectivity index (χ2v) is 3.92. The van der Waals surface area contributed by atoms with E-state index in [1.807, 2.05) is 20.8 Å². The fourth-order valence-electron chi connectivity index (χ4n) is 2.01. The molecule has 1 aromatic heterocycles. The minimum atomic E-state index is -0.231. The van der Waals surface area contributed by atoms with Gasteiger partial charge in [-0.15, -0.1) is 0 Å². The van der Waals surface area contributed by atoms with Crippen LogP contribution in [0.3, 0.4) is 0 Å². The number of aromatic nitrogens is 1. The average Bonchev–Trinajstić information content (AvgIpc) is 2.13. The van der Waals surface area contributed by atoms with E-state index >= 15 is 0 Å². The zero-order valence-corrected chi connectivity index (χ0v) is 9.13. The molecule has 2 rings (SSSR count). The van der Waals surface area contributed by atoms with Crippen LogP contribution in [0.5, 0.6) is 0 Å². The molecular formula is C11H14N2O2. The highest BCUT2D eigenvalue weighted by molar-refractivity contribution is 5.75. The summed E-state index contributed by atoms with van der Waals surface area (Å²) in [6.45, 7) is 5.78. The first-order valence-electron chi connectivity index (χ1n) is 4.95. The lowest BCUT2D eigenvalue weighted by atomic mass is 9.95. The highest BCUT2D eigenvalue weighted by Gasteiger charge is 2.27. The van der Waals surface area contributed by atoms with E-state index in [0.717, 1.165) is 22.4 Å². The zero-order valence-electron chi connectivity index (χ0n) is 9.13. The smallest absolute Gasteiger partial charge is 0.312 e. The van der Waals surface area contributed by atoms with Crippen molar-refractivity contribution >= 4 is 11.8 Å². The molecule has 0 saturated heterocycles. The molecule has 2 N–H and O–H groups in total. The van der Waals surface area contributed by atoms with Crippen LogP contribution in [-0.2, 0) is 16.0 Å². The quantitative estimate of drug-likeness (QED) is 0.652. The molecule has 4 nitrogen and oxygen atoms in total. The minimum absolute atomic E-state index is 0.215. The molecule has 0 saturated carbocycles. The van der Waals surface area contributed by atoms with Gasteiger partial charge >= 0.3 is 5.97 Å². The van der Waals surface area contributed by atoms with Gasteiger partial charge < -0.3 is 10.5 Å². The van der Waals surface area contributed by atoms with Crippen LogP contribution in [0.4, 0.5) is 5.82 Å². The number of pyridine rings is 1. The number of nitrogens with two attached hydrogens (primary N) is 1. The van der Waals surface area contributed by atoms with Crippen LogP contribution in [0.15, 0.2) is 0 Å². The van der Waals surface area contributed by atoms with E-state index in [1.165, 1.54) is 0 Å². The Morgan fingerprint density at radius 1 is 1.40 bits per heavy atom. The van der Waals surface area contributed by atoms with E-state index in [2.05, 4.69) is 4.98 Å². The molecule has 0 amide bonds. The summed E-state index contributed by atoms with van der Waals surface area (Å²) in [5.74, 6) is 0.276. The maximum atomic E-state index is 11.2. The molecule has 0 radical (unpaired) electrons. The predicted octanol–water partition coefficient (Wildman–Crippen LogP) is 1.44. The van der Waals surface area contributed by atoms with Crippen molar-refractivity contribution in [1.29, 1.82) is 0 Å². The maximum Gasteiger partial charge on any atom is 0.312 e. The molecule has 15 heavy (non-hydrogen) atoms. The van der Waals surface area contributed by atoms with Gasteiger partial charge in [0.15, 0.2) is 0 Å². The van der Waals surface area contributed by atoms with Crippen LogP contribution in [0.1, 0.15) is 35.4 Å². The van der Waals surface area contributed by atoms with Crippen molar-refractivity contribution in [2.24, 2.45) is 0 Å². The van der Waals surface area contributed by atoms with Crippen LogP contribution < -0.4 is 5.73 Å². The van der Waals surface area contributed by atoms with Gasteiger partial charge in [0, 0.05) is 5.56 Å². The summed E-state index contributed by atoms with van der Waals surface area (Å²) in [7, 11) is 0. The summed E-state index contributed by atoms with van der Waals surface area (Å²) in [5, 5.41) is 0. The van der Waals surface area contributed by atoms with Gasteiger partial charge in [-0.1, -0.05) is 0 Å². The molecule has 80 valence electrons. The highest BCUT2D eigenvalue weighted by Crippen LogP contribution is 2.32. The van der Waals surface area contributed by atoms with Crippen molar-refractivity contribution in [3.63, 3.8) is 0 Å². The molecule has 1 atom stereocenters. The van der Waals surface area contributed by atoms with Gasteiger partial charge in [-0.05, 0) is 31.9 Å². The number of ether oxygens (including phenoxy) is 1. The molecule has 4 heteroatoms. The van der Waals surface area contributed by atoms with Crippen molar-refractivity contribution in [2.75, 3.05) is 5.73 Å². The Kier molecular flexibility index (Phi) is 2.14. The Morgan fingerprint density at radius 3 is 2.73 bits per heavy atom. The molecule has 1 aliphatic rings. The van der Waals surface area contributed by atoms with E-state index in [-0.39, 0.29) is 18.5 Å². The molecule has 1 aromatic rings.